The van der Waals surface area contributed by atoms with Gasteiger partial charge in [-0.15, -0.1) is 0 Å². The molecule has 188 valence electrons. The van der Waals surface area contributed by atoms with Crippen LogP contribution < -0.4 is 0 Å². The fourth-order valence-electron chi connectivity index (χ4n) is 9.28. The molecule has 2 amide bonds. The molecule has 1 aromatic carbocycles. The number of likely N-dealkylation sites (tertiary alicyclic amines) is 3. The lowest BCUT2D eigenvalue weighted by atomic mass is 9.63. The molecule has 1 aromatic rings. The van der Waals surface area contributed by atoms with Crippen molar-refractivity contribution in [3.63, 3.8) is 0 Å². The molecule has 3 saturated heterocycles. The maximum absolute atomic E-state index is 12.6. The van der Waals surface area contributed by atoms with Gasteiger partial charge in [0.25, 0.3) is 0 Å². The predicted molar refractivity (Wildman–Crippen MR) is 133 cm³/mol. The number of amides is 2. The monoisotopic (exact) mass is 477 g/mol. The Bertz CT molecular complexity index is 1030. The SMILES string of the molecule is CCOC(=O)N1C2CCC3CC(N4CCC5(CC[C@H](N6CCCC6=O)c6ccccc65)CC4)CC321. The Labute approximate surface area is 209 Å². The van der Waals surface area contributed by atoms with E-state index in [1.54, 1.807) is 0 Å². The molecule has 7 rings (SSSR count). The van der Waals surface area contributed by atoms with Crippen LogP contribution in [0.5, 0.6) is 0 Å². The Kier molecular flexibility index (Phi) is 5.04. The van der Waals surface area contributed by atoms with Gasteiger partial charge >= 0.3 is 6.09 Å². The van der Waals surface area contributed by atoms with Gasteiger partial charge in [-0.05, 0) is 100 Å². The average Bonchev–Trinajstić information content (AvgIpc) is 3.20. The summed E-state index contributed by atoms with van der Waals surface area (Å²) in [6.45, 7) is 5.60. The number of hydrogen-bond acceptors (Lipinski definition) is 4. The Hall–Kier alpha value is -2.08. The first-order valence-electron chi connectivity index (χ1n) is 14.2. The maximum Gasteiger partial charge on any atom is 0.410 e. The van der Waals surface area contributed by atoms with Crippen molar-refractivity contribution in [3.8, 4) is 0 Å². The minimum absolute atomic E-state index is 0.0784. The highest BCUT2D eigenvalue weighted by Gasteiger charge is 2.75. The second-order valence-electron chi connectivity index (χ2n) is 12.1. The number of fused-ring (bicyclic) bond motifs is 2. The van der Waals surface area contributed by atoms with Crippen molar-refractivity contribution in [2.24, 2.45) is 5.92 Å². The molecule has 2 spiro atoms. The molecule has 6 nitrogen and oxygen atoms in total. The van der Waals surface area contributed by atoms with Gasteiger partial charge in [-0.1, -0.05) is 24.3 Å². The van der Waals surface area contributed by atoms with Crippen LogP contribution in [-0.2, 0) is 14.9 Å². The van der Waals surface area contributed by atoms with Gasteiger partial charge in [-0.25, -0.2) is 4.79 Å². The predicted octanol–water partition coefficient (Wildman–Crippen LogP) is 4.63. The summed E-state index contributed by atoms with van der Waals surface area (Å²) in [6.07, 6.45) is 11.2. The summed E-state index contributed by atoms with van der Waals surface area (Å²) in [5, 5.41) is 0. The standard InChI is InChI=1S/C29H39N3O3/c1-2-35-27(34)32-25-10-9-20-18-21(19-29(20,25)32)30-16-13-28(14-17-30)12-11-24(31-15-5-8-26(31)33)22-6-3-4-7-23(22)28/h3-4,6-7,20-21,24-25H,2,5,8-19H2,1H3/t20?,21?,24-,25?,29?,32?/m0/s1. The quantitative estimate of drug-likeness (QED) is 0.596. The molecular weight excluding hydrogens is 438 g/mol. The van der Waals surface area contributed by atoms with Crippen molar-refractivity contribution in [2.75, 3.05) is 26.2 Å². The van der Waals surface area contributed by atoms with Crippen molar-refractivity contribution in [1.82, 2.24) is 14.7 Å². The fraction of sp³-hybridized carbons (Fsp3) is 0.724. The molecule has 4 unspecified atom stereocenters. The molecule has 0 radical (unpaired) electrons. The van der Waals surface area contributed by atoms with Crippen molar-refractivity contribution in [1.29, 1.82) is 0 Å². The van der Waals surface area contributed by atoms with E-state index in [9.17, 15) is 9.59 Å². The van der Waals surface area contributed by atoms with Crippen LogP contribution in [0.4, 0.5) is 4.79 Å². The number of carbonyl (C=O) groups excluding carboxylic acids is 2. The highest BCUT2D eigenvalue weighted by Crippen LogP contribution is 2.65. The summed E-state index contributed by atoms with van der Waals surface area (Å²) < 4.78 is 5.40. The zero-order valence-corrected chi connectivity index (χ0v) is 21.1. The van der Waals surface area contributed by atoms with Gasteiger partial charge in [0.2, 0.25) is 5.91 Å². The molecule has 6 heteroatoms. The van der Waals surface area contributed by atoms with Crippen LogP contribution in [0.2, 0.25) is 0 Å². The van der Waals surface area contributed by atoms with Gasteiger partial charge in [0.05, 0.1) is 24.2 Å². The number of ether oxygens (including phenoxy) is 1. The number of nitrogens with zero attached hydrogens (tertiary/aromatic N) is 3. The smallest absolute Gasteiger partial charge is 0.410 e. The van der Waals surface area contributed by atoms with E-state index >= 15 is 0 Å². The van der Waals surface area contributed by atoms with Crippen molar-refractivity contribution >= 4 is 12.0 Å². The molecule has 2 saturated carbocycles. The van der Waals surface area contributed by atoms with Gasteiger partial charge in [0, 0.05) is 19.0 Å². The van der Waals surface area contributed by atoms with Crippen molar-refractivity contribution in [2.45, 2.75) is 100 Å². The molecule has 3 heterocycles. The lowest BCUT2D eigenvalue weighted by molar-refractivity contribution is -0.130. The number of carbonyl (C=O) groups is 2. The van der Waals surface area contributed by atoms with Gasteiger partial charge in [0.1, 0.15) is 0 Å². The van der Waals surface area contributed by atoms with Gasteiger partial charge in [0.15, 0.2) is 0 Å². The number of hydrogen-bond donors (Lipinski definition) is 0. The van der Waals surface area contributed by atoms with E-state index in [0.717, 1.165) is 51.7 Å². The third-order valence-electron chi connectivity index (χ3n) is 10.9. The van der Waals surface area contributed by atoms with Gasteiger partial charge in [-0.2, -0.15) is 0 Å². The van der Waals surface area contributed by atoms with E-state index in [-0.39, 0.29) is 23.1 Å². The largest absolute Gasteiger partial charge is 0.450 e. The minimum atomic E-state index is -0.0784. The second-order valence-corrected chi connectivity index (χ2v) is 12.1. The van der Waals surface area contributed by atoms with E-state index < -0.39 is 0 Å². The molecular formula is C29H39N3O3. The lowest BCUT2D eigenvalue weighted by Gasteiger charge is -2.49. The van der Waals surface area contributed by atoms with Crippen LogP contribution in [-0.4, -0.2) is 70.6 Å². The molecule has 3 aliphatic carbocycles. The fourth-order valence-corrected chi connectivity index (χ4v) is 9.28. The summed E-state index contributed by atoms with van der Waals surface area (Å²) in [5.41, 5.74) is 3.31. The molecule has 5 fully saturated rings. The van der Waals surface area contributed by atoms with Crippen LogP contribution in [0, 0.1) is 5.92 Å². The van der Waals surface area contributed by atoms with E-state index in [1.165, 1.54) is 43.2 Å². The maximum atomic E-state index is 12.6. The first kappa shape index (κ1) is 22.1. The Morgan fingerprint density at radius 3 is 2.69 bits per heavy atom. The summed E-state index contributed by atoms with van der Waals surface area (Å²) in [7, 11) is 0. The number of benzene rings is 1. The van der Waals surface area contributed by atoms with Gasteiger partial charge < -0.3 is 14.5 Å². The van der Waals surface area contributed by atoms with Crippen LogP contribution >= 0.6 is 0 Å². The summed E-state index contributed by atoms with van der Waals surface area (Å²) >= 11 is 0. The molecule has 0 bridgehead atoms. The van der Waals surface area contributed by atoms with Crippen molar-refractivity contribution < 1.29 is 14.3 Å². The average molecular weight is 478 g/mol. The highest BCUT2D eigenvalue weighted by molar-refractivity contribution is 5.78. The molecule has 3 aliphatic heterocycles. The molecule has 5 atom stereocenters. The van der Waals surface area contributed by atoms with Crippen LogP contribution in [0.15, 0.2) is 24.3 Å². The zero-order chi connectivity index (χ0) is 23.8. The summed E-state index contributed by atoms with van der Waals surface area (Å²) in [6, 6.07) is 10.3. The van der Waals surface area contributed by atoms with E-state index in [4.69, 9.17) is 4.74 Å². The molecule has 35 heavy (non-hydrogen) atoms. The Morgan fingerprint density at radius 1 is 1.09 bits per heavy atom. The van der Waals surface area contributed by atoms with Crippen LogP contribution in [0.3, 0.4) is 0 Å². The minimum Gasteiger partial charge on any atom is -0.450 e. The van der Waals surface area contributed by atoms with Gasteiger partial charge in [-0.3, -0.25) is 9.69 Å². The summed E-state index contributed by atoms with van der Waals surface area (Å²) in [5.74, 6) is 1.00. The number of rotatable bonds is 3. The Morgan fingerprint density at radius 2 is 1.91 bits per heavy atom. The third kappa shape index (κ3) is 3.11. The van der Waals surface area contributed by atoms with Crippen LogP contribution in [0.1, 0.15) is 88.3 Å². The van der Waals surface area contributed by atoms with Crippen LogP contribution in [0.25, 0.3) is 0 Å². The van der Waals surface area contributed by atoms with Crippen molar-refractivity contribution in [3.05, 3.63) is 35.4 Å². The first-order valence-corrected chi connectivity index (χ1v) is 14.2. The molecule has 6 aliphatic rings. The highest BCUT2D eigenvalue weighted by atomic mass is 16.6. The molecule has 0 aromatic heterocycles. The topological polar surface area (TPSA) is 52.9 Å². The Balaban J connectivity index is 1.06. The summed E-state index contributed by atoms with van der Waals surface area (Å²) in [4.78, 5) is 32.1. The first-order chi connectivity index (χ1) is 17.1. The molecule has 0 N–H and O–H groups in total. The lowest BCUT2D eigenvalue weighted by Crippen LogP contribution is -2.49. The zero-order valence-electron chi connectivity index (χ0n) is 21.1. The third-order valence-corrected chi connectivity index (χ3v) is 10.9. The number of piperidine rings is 2. The second kappa shape index (κ2) is 7.96. The van der Waals surface area contributed by atoms with E-state index in [1.807, 2.05) is 6.92 Å². The van der Waals surface area contributed by atoms with E-state index in [0.29, 0.717) is 30.5 Å². The van der Waals surface area contributed by atoms with E-state index in [2.05, 4.69) is 39.0 Å². The normalized spacial score (nSPS) is 37.3.